The molecule has 1 atom stereocenters. The van der Waals surface area contributed by atoms with Crippen LogP contribution in [-0.2, 0) is 0 Å². The zero-order valence-corrected chi connectivity index (χ0v) is 15.4. The number of pyridine rings is 1. The number of nitrogens with two attached hydrogens (primary N) is 2. The van der Waals surface area contributed by atoms with Gasteiger partial charge < -0.3 is 16.5 Å². The van der Waals surface area contributed by atoms with Crippen LogP contribution < -0.4 is 27.7 Å². The molecule has 2 saturated carbocycles. The van der Waals surface area contributed by atoms with Gasteiger partial charge in [-0.3, -0.25) is 9.20 Å². The van der Waals surface area contributed by atoms with Crippen molar-refractivity contribution in [3.63, 3.8) is 0 Å². The molecule has 2 aromatic rings. The van der Waals surface area contributed by atoms with Crippen molar-refractivity contribution < 1.29 is 4.39 Å². The second-order valence-corrected chi connectivity index (χ2v) is 8.48. The first-order chi connectivity index (χ1) is 12.8. The van der Waals surface area contributed by atoms with Crippen LogP contribution in [-0.4, -0.2) is 27.7 Å². The van der Waals surface area contributed by atoms with Crippen molar-refractivity contribution in [3.8, 4) is 0 Å². The minimum atomic E-state index is -0.717. The highest BCUT2D eigenvalue weighted by molar-refractivity contribution is 5.72. The number of rotatable bonds is 3. The third-order valence-corrected chi connectivity index (χ3v) is 6.67. The van der Waals surface area contributed by atoms with E-state index < -0.39 is 17.1 Å². The minimum absolute atomic E-state index is 0.0880. The molecule has 1 saturated heterocycles. The maximum atomic E-state index is 15.1. The maximum Gasteiger partial charge on any atom is 0.354 e. The Labute approximate surface area is 155 Å². The normalized spacial score (nSPS) is 24.0. The zero-order valence-electron chi connectivity index (χ0n) is 15.4. The van der Waals surface area contributed by atoms with Gasteiger partial charge >= 0.3 is 5.69 Å². The van der Waals surface area contributed by atoms with E-state index in [1.54, 1.807) is 6.92 Å². The van der Waals surface area contributed by atoms with Crippen molar-refractivity contribution in [2.75, 3.05) is 23.8 Å². The first kappa shape index (κ1) is 16.8. The highest BCUT2D eigenvalue weighted by Crippen LogP contribution is 2.46. The molecule has 0 radical (unpaired) electrons. The number of hydrogen-bond acceptors (Lipinski definition) is 5. The van der Waals surface area contributed by atoms with Crippen molar-refractivity contribution in [2.45, 2.75) is 50.5 Å². The molecule has 2 aliphatic carbocycles. The Morgan fingerprint density at radius 3 is 2.56 bits per heavy atom. The molecule has 144 valence electrons. The lowest BCUT2D eigenvalue weighted by molar-refractivity contribution is 0.442. The number of hydrogen-bond donors (Lipinski definition) is 2. The monoisotopic (exact) mass is 373 g/mol. The molecule has 7 nitrogen and oxygen atoms in total. The molecule has 0 bridgehead atoms. The fraction of sp³-hybridized carbons (Fsp3) is 0.579. The summed E-state index contributed by atoms with van der Waals surface area (Å²) in [5, 5.41) is 0. The molecule has 2 aromatic heterocycles. The van der Waals surface area contributed by atoms with E-state index >= 15 is 4.39 Å². The van der Waals surface area contributed by atoms with Gasteiger partial charge in [0.25, 0.3) is 5.56 Å². The Hall–Kier alpha value is -2.35. The highest BCUT2D eigenvalue weighted by atomic mass is 19.1. The number of halogens is 1. The van der Waals surface area contributed by atoms with E-state index in [1.807, 2.05) is 4.90 Å². The van der Waals surface area contributed by atoms with Gasteiger partial charge in [-0.15, -0.1) is 0 Å². The predicted octanol–water partition coefficient (Wildman–Crippen LogP) is 0.818. The smallest absolute Gasteiger partial charge is 0.354 e. The van der Waals surface area contributed by atoms with Crippen molar-refractivity contribution in [2.24, 2.45) is 11.7 Å². The van der Waals surface area contributed by atoms with Crippen molar-refractivity contribution in [1.29, 1.82) is 0 Å². The molecule has 3 heterocycles. The second-order valence-electron chi connectivity index (χ2n) is 8.48. The Balaban J connectivity index is 1.71. The van der Waals surface area contributed by atoms with Gasteiger partial charge in [-0.05, 0) is 50.9 Å². The maximum absolute atomic E-state index is 15.1. The quantitative estimate of drug-likeness (QED) is 0.776. The lowest BCUT2D eigenvalue weighted by Crippen LogP contribution is -2.44. The van der Waals surface area contributed by atoms with E-state index in [0.717, 1.165) is 38.6 Å². The molecular weight excluding hydrogens is 349 g/mol. The van der Waals surface area contributed by atoms with E-state index in [2.05, 4.69) is 0 Å². The fourth-order valence-electron chi connectivity index (χ4n) is 4.74. The second kappa shape index (κ2) is 5.34. The average molecular weight is 373 g/mol. The van der Waals surface area contributed by atoms with Crippen molar-refractivity contribution >= 4 is 11.2 Å². The van der Waals surface area contributed by atoms with Gasteiger partial charge in [0.1, 0.15) is 0 Å². The zero-order chi connectivity index (χ0) is 19.1. The fourth-order valence-corrected chi connectivity index (χ4v) is 4.74. The lowest BCUT2D eigenvalue weighted by Gasteiger charge is -2.25. The largest absolute Gasteiger partial charge is 0.368 e. The van der Waals surface area contributed by atoms with E-state index in [1.165, 1.54) is 10.6 Å². The van der Waals surface area contributed by atoms with Crippen molar-refractivity contribution in [3.05, 3.63) is 44.0 Å². The van der Waals surface area contributed by atoms with Crippen LogP contribution in [0.4, 0.5) is 10.1 Å². The van der Waals surface area contributed by atoms with Crippen LogP contribution in [0, 0.1) is 18.7 Å². The molecule has 4 N–H and O–H groups in total. The van der Waals surface area contributed by atoms with Gasteiger partial charge in [0.2, 0.25) is 0 Å². The Bertz CT molecular complexity index is 1080. The summed E-state index contributed by atoms with van der Waals surface area (Å²) in [5.74, 6) is 5.65. The summed E-state index contributed by atoms with van der Waals surface area (Å²) in [5.41, 5.74) is 7.24. The van der Waals surface area contributed by atoms with Crippen LogP contribution >= 0.6 is 0 Å². The first-order valence-electron chi connectivity index (χ1n) is 9.61. The van der Waals surface area contributed by atoms with Crippen LogP contribution in [0.5, 0.6) is 0 Å². The molecule has 1 unspecified atom stereocenters. The first-order valence-corrected chi connectivity index (χ1v) is 9.61. The van der Waals surface area contributed by atoms with Crippen LogP contribution in [0.15, 0.2) is 15.8 Å². The summed E-state index contributed by atoms with van der Waals surface area (Å²) in [7, 11) is 0. The average Bonchev–Trinajstić information content (AvgIpc) is 3.55. The van der Waals surface area contributed by atoms with Crippen molar-refractivity contribution in [1.82, 2.24) is 9.08 Å². The highest BCUT2D eigenvalue weighted by Gasteiger charge is 2.48. The van der Waals surface area contributed by atoms with Crippen LogP contribution in [0.3, 0.4) is 0 Å². The summed E-state index contributed by atoms with van der Waals surface area (Å²) >= 11 is 0. The Morgan fingerprint density at radius 1 is 1.22 bits per heavy atom. The predicted molar refractivity (Wildman–Crippen MR) is 101 cm³/mol. The summed E-state index contributed by atoms with van der Waals surface area (Å²) < 4.78 is 16.9. The van der Waals surface area contributed by atoms with Gasteiger partial charge in [0.15, 0.2) is 5.82 Å². The van der Waals surface area contributed by atoms with Gasteiger partial charge in [-0.25, -0.2) is 9.18 Å². The molecule has 0 amide bonds. The number of aryl methyl sites for hydroxylation is 1. The topological polar surface area (TPSA) is 98.8 Å². The van der Waals surface area contributed by atoms with Crippen LogP contribution in [0.25, 0.3) is 5.52 Å². The summed E-state index contributed by atoms with van der Waals surface area (Å²) in [6.07, 6.45) is 5.95. The molecule has 8 heteroatoms. The lowest BCUT2D eigenvalue weighted by atomic mass is 9.97. The van der Waals surface area contributed by atoms with E-state index in [4.69, 9.17) is 11.6 Å². The number of aromatic nitrogens is 2. The van der Waals surface area contributed by atoms with E-state index in [-0.39, 0.29) is 11.5 Å². The molecule has 0 spiro atoms. The molecule has 0 aromatic carbocycles. The molecular formula is C19H24FN5O2. The SMILES string of the molecule is Cc1c(N2CCC(C3(N)CC3)C2)c(F)cn2c(=O)n(N)c(=O)c(C3CC3)c12. The number of nitrogen functional groups attached to an aromatic ring is 1. The molecule has 27 heavy (non-hydrogen) atoms. The number of nitrogens with zero attached hydrogens (tertiary/aromatic N) is 3. The molecule has 3 fully saturated rings. The third-order valence-electron chi connectivity index (χ3n) is 6.67. The number of anilines is 1. The summed E-state index contributed by atoms with van der Waals surface area (Å²) in [4.78, 5) is 27.1. The van der Waals surface area contributed by atoms with E-state index in [9.17, 15) is 9.59 Å². The van der Waals surface area contributed by atoms with Gasteiger partial charge in [0.05, 0.1) is 17.4 Å². The van der Waals surface area contributed by atoms with Crippen LogP contribution in [0.2, 0.25) is 0 Å². The molecule has 1 aliphatic heterocycles. The standard InChI is InChI=1S/C19H24FN5O2/c1-10-15(23-7-4-12(8-23)19(21)5-6-19)13(20)9-24-16(10)14(11-2-3-11)17(26)25(22)18(24)27/h9,11-12H,2-8,21-22H2,1H3. The Morgan fingerprint density at radius 2 is 1.93 bits per heavy atom. The van der Waals surface area contributed by atoms with Gasteiger partial charge in [0, 0.05) is 29.8 Å². The summed E-state index contributed by atoms with van der Waals surface area (Å²) in [6, 6.07) is 0. The molecule has 5 rings (SSSR count). The number of fused-ring (bicyclic) bond motifs is 1. The minimum Gasteiger partial charge on any atom is -0.368 e. The van der Waals surface area contributed by atoms with Crippen LogP contribution in [0.1, 0.15) is 49.1 Å². The summed E-state index contributed by atoms with van der Waals surface area (Å²) in [6.45, 7) is 3.23. The Kier molecular flexibility index (Phi) is 3.32. The molecule has 3 aliphatic rings. The third kappa shape index (κ3) is 2.35. The van der Waals surface area contributed by atoms with Gasteiger partial charge in [-0.1, -0.05) is 0 Å². The van der Waals surface area contributed by atoms with Gasteiger partial charge in [-0.2, -0.15) is 4.68 Å². The van der Waals surface area contributed by atoms with E-state index in [0.29, 0.717) is 39.5 Å².